The Morgan fingerprint density at radius 2 is 1.80 bits per heavy atom. The first-order chi connectivity index (χ1) is 12.1. The minimum Gasteiger partial charge on any atom is -0.450 e. The molecule has 0 aliphatic rings. The maximum absolute atomic E-state index is 12.0. The summed E-state index contributed by atoms with van der Waals surface area (Å²) in [6.07, 6.45) is 0. The summed E-state index contributed by atoms with van der Waals surface area (Å²) in [6.45, 7) is 2.17. The number of benzene rings is 2. The predicted molar refractivity (Wildman–Crippen MR) is 94.4 cm³/mol. The zero-order chi connectivity index (χ0) is 17.6. The molecule has 0 aliphatic carbocycles. The molecule has 2 aromatic carbocycles. The van der Waals surface area contributed by atoms with Crippen molar-refractivity contribution >= 4 is 22.8 Å². The van der Waals surface area contributed by atoms with Crippen LogP contribution in [0.4, 0.5) is 0 Å². The molecule has 0 saturated carbocycles. The highest BCUT2D eigenvalue weighted by Crippen LogP contribution is 2.19. The van der Waals surface area contributed by atoms with E-state index in [1.54, 1.807) is 12.1 Å². The third kappa shape index (κ3) is 4.26. The van der Waals surface area contributed by atoms with Gasteiger partial charge in [0.2, 0.25) is 5.76 Å². The fourth-order valence-electron chi connectivity index (χ4n) is 2.50. The van der Waals surface area contributed by atoms with E-state index in [1.165, 1.54) is 0 Å². The van der Waals surface area contributed by atoms with E-state index in [1.807, 2.05) is 55.5 Å². The van der Waals surface area contributed by atoms with E-state index in [-0.39, 0.29) is 24.2 Å². The average molecular weight is 337 g/mol. The van der Waals surface area contributed by atoms with Gasteiger partial charge in [-0.15, -0.1) is 0 Å². The standard InChI is InChI=1S/C20H19NO4/c1-14(15-7-3-2-4-8-15)12-21-19(22)13-24-20(23)18-11-16-9-5-6-10-17(16)25-18/h2-11,14H,12-13H2,1H3,(H,21,22)/t14-/m1/s1. The van der Waals surface area contributed by atoms with Crippen LogP contribution in [0.3, 0.4) is 0 Å². The van der Waals surface area contributed by atoms with Gasteiger partial charge in [0.1, 0.15) is 5.58 Å². The lowest BCUT2D eigenvalue weighted by atomic mass is 10.0. The van der Waals surface area contributed by atoms with Crippen molar-refractivity contribution in [1.29, 1.82) is 0 Å². The second-order valence-electron chi connectivity index (χ2n) is 5.84. The number of carbonyl (C=O) groups excluding carboxylic acids is 2. The topological polar surface area (TPSA) is 68.5 Å². The summed E-state index contributed by atoms with van der Waals surface area (Å²) in [5.74, 6) is -0.724. The molecule has 1 heterocycles. The van der Waals surface area contributed by atoms with E-state index >= 15 is 0 Å². The molecule has 5 nitrogen and oxygen atoms in total. The van der Waals surface area contributed by atoms with Crippen molar-refractivity contribution in [2.45, 2.75) is 12.8 Å². The van der Waals surface area contributed by atoms with Crippen molar-refractivity contribution in [1.82, 2.24) is 5.32 Å². The number of hydrogen-bond acceptors (Lipinski definition) is 4. The summed E-state index contributed by atoms with van der Waals surface area (Å²) in [7, 11) is 0. The van der Waals surface area contributed by atoms with Gasteiger partial charge >= 0.3 is 5.97 Å². The van der Waals surface area contributed by atoms with E-state index < -0.39 is 5.97 Å². The van der Waals surface area contributed by atoms with Gasteiger partial charge in [-0.3, -0.25) is 4.79 Å². The number of para-hydroxylation sites is 1. The number of fused-ring (bicyclic) bond motifs is 1. The smallest absolute Gasteiger partial charge is 0.374 e. The van der Waals surface area contributed by atoms with Crippen LogP contribution in [0.2, 0.25) is 0 Å². The zero-order valence-corrected chi connectivity index (χ0v) is 13.9. The molecule has 1 atom stereocenters. The number of rotatable bonds is 6. The number of amides is 1. The molecule has 3 aromatic rings. The van der Waals surface area contributed by atoms with Crippen LogP contribution < -0.4 is 5.32 Å². The SMILES string of the molecule is C[C@H](CNC(=O)COC(=O)c1cc2ccccc2o1)c1ccccc1. The van der Waals surface area contributed by atoms with Crippen LogP contribution in [-0.4, -0.2) is 25.0 Å². The first-order valence-electron chi connectivity index (χ1n) is 8.11. The van der Waals surface area contributed by atoms with Gasteiger partial charge in [-0.2, -0.15) is 0 Å². The Bertz CT molecular complexity index is 837. The van der Waals surface area contributed by atoms with Crippen LogP contribution in [0.25, 0.3) is 11.0 Å². The fraction of sp³-hybridized carbons (Fsp3) is 0.200. The second kappa shape index (κ2) is 7.66. The molecule has 0 radical (unpaired) electrons. The molecule has 0 unspecified atom stereocenters. The number of nitrogens with one attached hydrogen (secondary N) is 1. The van der Waals surface area contributed by atoms with E-state index in [4.69, 9.17) is 9.15 Å². The highest BCUT2D eigenvalue weighted by Gasteiger charge is 2.15. The van der Waals surface area contributed by atoms with Crippen LogP contribution in [-0.2, 0) is 9.53 Å². The molecule has 0 spiro atoms. The lowest BCUT2D eigenvalue weighted by Crippen LogP contribution is -2.31. The Morgan fingerprint density at radius 1 is 1.08 bits per heavy atom. The van der Waals surface area contributed by atoms with E-state index in [2.05, 4.69) is 5.32 Å². The number of esters is 1. The number of hydrogen-bond donors (Lipinski definition) is 1. The minimum absolute atomic E-state index is 0.0895. The monoisotopic (exact) mass is 337 g/mol. The Kier molecular flexibility index (Phi) is 5.14. The molecule has 25 heavy (non-hydrogen) atoms. The molecule has 1 aromatic heterocycles. The summed E-state index contributed by atoms with van der Waals surface area (Å²) in [5.41, 5.74) is 1.75. The highest BCUT2D eigenvalue weighted by molar-refractivity contribution is 5.93. The molecule has 1 amide bonds. The summed E-state index contributed by atoms with van der Waals surface area (Å²) in [5, 5.41) is 3.58. The van der Waals surface area contributed by atoms with Gasteiger partial charge in [0.25, 0.3) is 5.91 Å². The van der Waals surface area contributed by atoms with E-state index in [0.717, 1.165) is 10.9 Å². The number of furan rings is 1. The Morgan fingerprint density at radius 3 is 2.56 bits per heavy atom. The van der Waals surface area contributed by atoms with Crippen LogP contribution >= 0.6 is 0 Å². The first kappa shape index (κ1) is 16.8. The molecular formula is C20H19NO4. The Balaban J connectivity index is 1.47. The second-order valence-corrected chi connectivity index (χ2v) is 5.84. The highest BCUT2D eigenvalue weighted by atomic mass is 16.5. The average Bonchev–Trinajstić information content (AvgIpc) is 3.09. The third-order valence-electron chi connectivity index (χ3n) is 3.94. The largest absolute Gasteiger partial charge is 0.450 e. The lowest BCUT2D eigenvalue weighted by molar-refractivity contribution is -0.124. The Hall–Kier alpha value is -3.08. The third-order valence-corrected chi connectivity index (χ3v) is 3.94. The molecule has 3 rings (SSSR count). The van der Waals surface area contributed by atoms with Crippen LogP contribution in [0, 0.1) is 0 Å². The first-order valence-corrected chi connectivity index (χ1v) is 8.11. The molecule has 0 fully saturated rings. The molecule has 0 saturated heterocycles. The van der Waals surface area contributed by atoms with E-state index in [9.17, 15) is 9.59 Å². The molecule has 1 N–H and O–H groups in total. The van der Waals surface area contributed by atoms with Gasteiger partial charge in [0.15, 0.2) is 6.61 Å². The van der Waals surface area contributed by atoms with Crippen molar-refractivity contribution in [2.75, 3.05) is 13.2 Å². The maximum Gasteiger partial charge on any atom is 0.374 e. The molecule has 5 heteroatoms. The summed E-state index contributed by atoms with van der Waals surface area (Å²) < 4.78 is 10.4. The van der Waals surface area contributed by atoms with Gasteiger partial charge in [0, 0.05) is 11.9 Å². The molecule has 0 aliphatic heterocycles. The minimum atomic E-state index is -0.651. The summed E-state index contributed by atoms with van der Waals surface area (Å²) in [6, 6.07) is 18.8. The molecular weight excluding hydrogens is 318 g/mol. The predicted octanol–water partition coefficient (Wildman–Crippen LogP) is 3.51. The van der Waals surface area contributed by atoms with Crippen molar-refractivity contribution in [3.63, 3.8) is 0 Å². The lowest BCUT2D eigenvalue weighted by Gasteiger charge is -2.13. The van der Waals surface area contributed by atoms with Crippen molar-refractivity contribution < 1.29 is 18.7 Å². The zero-order valence-electron chi connectivity index (χ0n) is 13.9. The maximum atomic E-state index is 12.0. The van der Waals surface area contributed by atoms with Crippen molar-refractivity contribution in [3.8, 4) is 0 Å². The van der Waals surface area contributed by atoms with Gasteiger partial charge in [-0.25, -0.2) is 4.79 Å². The summed E-state index contributed by atoms with van der Waals surface area (Å²) in [4.78, 5) is 23.9. The molecule has 0 bridgehead atoms. The normalized spacial score (nSPS) is 11.9. The van der Waals surface area contributed by atoms with Crippen LogP contribution in [0.5, 0.6) is 0 Å². The van der Waals surface area contributed by atoms with Crippen molar-refractivity contribution in [3.05, 3.63) is 72.0 Å². The number of carbonyl (C=O) groups is 2. The quantitative estimate of drug-likeness (QED) is 0.699. The van der Waals surface area contributed by atoms with Gasteiger partial charge in [-0.05, 0) is 23.6 Å². The van der Waals surface area contributed by atoms with Gasteiger partial charge in [-0.1, -0.05) is 55.5 Å². The van der Waals surface area contributed by atoms with E-state index in [0.29, 0.717) is 12.1 Å². The summed E-state index contributed by atoms with van der Waals surface area (Å²) >= 11 is 0. The van der Waals surface area contributed by atoms with Crippen LogP contribution in [0.1, 0.15) is 29.0 Å². The van der Waals surface area contributed by atoms with Crippen LogP contribution in [0.15, 0.2) is 65.1 Å². The molecule has 128 valence electrons. The Labute approximate surface area is 145 Å². The number of ether oxygens (including phenoxy) is 1. The van der Waals surface area contributed by atoms with Gasteiger partial charge in [0.05, 0.1) is 0 Å². The van der Waals surface area contributed by atoms with Crippen molar-refractivity contribution in [2.24, 2.45) is 0 Å². The van der Waals surface area contributed by atoms with Gasteiger partial charge < -0.3 is 14.5 Å². The fourth-order valence-corrected chi connectivity index (χ4v) is 2.50.